The number of aromatic nitrogens is 1. The predicted molar refractivity (Wildman–Crippen MR) is 69.4 cm³/mol. The van der Waals surface area contributed by atoms with Crippen molar-refractivity contribution in [2.24, 2.45) is 5.92 Å². The Bertz CT molecular complexity index is 438. The van der Waals surface area contributed by atoms with Crippen LogP contribution in [-0.2, 0) is 0 Å². The van der Waals surface area contributed by atoms with Crippen molar-refractivity contribution in [3.05, 3.63) is 28.2 Å². The average Bonchev–Trinajstić information content (AvgIpc) is 2.38. The van der Waals surface area contributed by atoms with Gasteiger partial charge in [0.1, 0.15) is 6.20 Å². The van der Waals surface area contributed by atoms with Crippen molar-refractivity contribution >= 4 is 23.3 Å². The Labute approximate surface area is 108 Å². The van der Waals surface area contributed by atoms with E-state index in [-0.39, 0.29) is 11.5 Å². The Balaban J connectivity index is 1.94. The molecule has 98 valence electrons. The maximum atomic E-state index is 13.5. The molecule has 5 nitrogen and oxygen atoms in total. The number of thioether (sulfide) groups is 1. The second-order valence-corrected chi connectivity index (χ2v) is 5.44. The van der Waals surface area contributed by atoms with Crippen LogP contribution in [0.5, 0.6) is 0 Å². The van der Waals surface area contributed by atoms with E-state index in [0.717, 1.165) is 36.6 Å². The summed E-state index contributed by atoms with van der Waals surface area (Å²) >= 11 is 1.94. The Morgan fingerprint density at radius 1 is 1.56 bits per heavy atom. The zero-order chi connectivity index (χ0) is 13.0. The van der Waals surface area contributed by atoms with E-state index >= 15 is 0 Å². The largest absolute Gasteiger partial charge is 0.367 e. The van der Waals surface area contributed by atoms with Crippen molar-refractivity contribution in [1.82, 2.24) is 4.98 Å². The molecule has 0 radical (unpaired) electrons. The predicted octanol–water partition coefficient (Wildman–Crippen LogP) is 2.68. The molecule has 0 bridgehead atoms. The fourth-order valence-electron chi connectivity index (χ4n) is 1.85. The summed E-state index contributed by atoms with van der Waals surface area (Å²) in [6.07, 6.45) is 3.31. The molecule has 0 aliphatic carbocycles. The van der Waals surface area contributed by atoms with Gasteiger partial charge in [0.25, 0.3) is 5.69 Å². The molecular weight excluding hydrogens is 257 g/mol. The van der Waals surface area contributed by atoms with E-state index in [1.165, 1.54) is 0 Å². The van der Waals surface area contributed by atoms with Gasteiger partial charge in [-0.3, -0.25) is 10.1 Å². The molecule has 1 aliphatic heterocycles. The molecule has 1 saturated heterocycles. The quantitative estimate of drug-likeness (QED) is 0.673. The number of pyridine rings is 1. The molecule has 1 N–H and O–H groups in total. The van der Waals surface area contributed by atoms with Crippen LogP contribution in [0.25, 0.3) is 0 Å². The van der Waals surface area contributed by atoms with Gasteiger partial charge in [-0.2, -0.15) is 11.8 Å². The van der Waals surface area contributed by atoms with E-state index in [1.54, 1.807) is 0 Å². The maximum Gasteiger partial charge on any atom is 0.290 e. The molecule has 0 unspecified atom stereocenters. The summed E-state index contributed by atoms with van der Waals surface area (Å²) in [5, 5.41) is 13.4. The molecule has 0 saturated carbocycles. The fraction of sp³-hybridized carbons (Fsp3) is 0.545. The number of hydrogen-bond acceptors (Lipinski definition) is 5. The Morgan fingerprint density at radius 2 is 2.28 bits per heavy atom. The summed E-state index contributed by atoms with van der Waals surface area (Å²) in [5.41, 5.74) is -0.327. The molecule has 7 heteroatoms. The Hall–Kier alpha value is -1.37. The summed E-state index contributed by atoms with van der Waals surface area (Å²) in [6, 6.07) is 0.895. The monoisotopic (exact) mass is 271 g/mol. The van der Waals surface area contributed by atoms with E-state index < -0.39 is 10.7 Å². The molecule has 18 heavy (non-hydrogen) atoms. The smallest absolute Gasteiger partial charge is 0.290 e. The molecule has 0 amide bonds. The van der Waals surface area contributed by atoms with Gasteiger partial charge < -0.3 is 5.32 Å². The summed E-state index contributed by atoms with van der Waals surface area (Å²) in [4.78, 5) is 13.5. The highest BCUT2D eigenvalue weighted by molar-refractivity contribution is 7.99. The van der Waals surface area contributed by atoms with E-state index in [9.17, 15) is 14.5 Å². The third kappa shape index (κ3) is 3.32. The molecule has 2 rings (SSSR count). The number of nitrogens with one attached hydrogen (secondary N) is 1. The first-order chi connectivity index (χ1) is 8.66. The number of anilines is 1. The van der Waals surface area contributed by atoms with Gasteiger partial charge in [0, 0.05) is 6.54 Å². The zero-order valence-electron chi connectivity index (χ0n) is 9.76. The Kier molecular flexibility index (Phi) is 4.35. The molecule has 1 aromatic heterocycles. The normalized spacial score (nSPS) is 16.5. The summed E-state index contributed by atoms with van der Waals surface area (Å²) in [6.45, 7) is 0.669. The maximum absolute atomic E-state index is 13.5. The second kappa shape index (κ2) is 5.99. The van der Waals surface area contributed by atoms with Crippen LogP contribution in [0.1, 0.15) is 12.8 Å². The van der Waals surface area contributed by atoms with Gasteiger partial charge in [-0.05, 0) is 30.3 Å². The van der Waals surface area contributed by atoms with Gasteiger partial charge in [-0.1, -0.05) is 0 Å². The van der Waals surface area contributed by atoms with Crippen LogP contribution in [0.2, 0.25) is 0 Å². The highest BCUT2D eigenvalue weighted by Crippen LogP contribution is 2.23. The lowest BCUT2D eigenvalue weighted by molar-refractivity contribution is -0.385. The zero-order valence-corrected chi connectivity index (χ0v) is 10.6. The number of halogens is 1. The first-order valence-corrected chi connectivity index (χ1v) is 6.94. The molecule has 2 heterocycles. The van der Waals surface area contributed by atoms with Gasteiger partial charge in [-0.25, -0.2) is 9.37 Å². The van der Waals surface area contributed by atoms with Crippen molar-refractivity contribution in [2.45, 2.75) is 12.8 Å². The van der Waals surface area contributed by atoms with E-state index in [4.69, 9.17) is 0 Å². The first-order valence-electron chi connectivity index (χ1n) is 5.78. The van der Waals surface area contributed by atoms with Crippen LogP contribution in [0, 0.1) is 21.8 Å². The second-order valence-electron chi connectivity index (χ2n) is 4.22. The molecule has 1 aliphatic rings. The van der Waals surface area contributed by atoms with Gasteiger partial charge in [0.15, 0.2) is 11.6 Å². The molecule has 1 aromatic rings. The van der Waals surface area contributed by atoms with Crippen LogP contribution in [0.15, 0.2) is 12.3 Å². The highest BCUT2D eigenvalue weighted by Gasteiger charge is 2.16. The van der Waals surface area contributed by atoms with Crippen LogP contribution in [0.4, 0.5) is 15.9 Å². The Morgan fingerprint density at radius 3 is 2.89 bits per heavy atom. The van der Waals surface area contributed by atoms with Gasteiger partial charge in [0.2, 0.25) is 0 Å². The number of hydrogen-bond donors (Lipinski definition) is 1. The minimum atomic E-state index is -0.672. The fourth-order valence-corrected chi connectivity index (χ4v) is 3.05. The van der Waals surface area contributed by atoms with Gasteiger partial charge in [0.05, 0.1) is 11.0 Å². The summed E-state index contributed by atoms with van der Waals surface area (Å²) in [5.74, 6) is 2.24. The van der Waals surface area contributed by atoms with Crippen LogP contribution < -0.4 is 5.32 Å². The van der Waals surface area contributed by atoms with Crippen LogP contribution in [0.3, 0.4) is 0 Å². The van der Waals surface area contributed by atoms with Gasteiger partial charge >= 0.3 is 0 Å². The van der Waals surface area contributed by atoms with Crippen LogP contribution in [-0.4, -0.2) is 28.0 Å². The minimum absolute atomic E-state index is 0.0961. The van der Waals surface area contributed by atoms with Crippen molar-refractivity contribution in [2.75, 3.05) is 23.4 Å². The van der Waals surface area contributed by atoms with Gasteiger partial charge in [-0.15, -0.1) is 0 Å². The summed E-state index contributed by atoms with van der Waals surface area (Å²) < 4.78 is 13.5. The van der Waals surface area contributed by atoms with Crippen molar-refractivity contribution in [1.29, 1.82) is 0 Å². The molecule has 0 aromatic carbocycles. The highest BCUT2D eigenvalue weighted by atomic mass is 32.2. The summed E-state index contributed by atoms with van der Waals surface area (Å²) in [7, 11) is 0. The molecule has 0 atom stereocenters. The lowest BCUT2D eigenvalue weighted by atomic mass is 10.0. The lowest BCUT2D eigenvalue weighted by Gasteiger charge is -2.21. The topological polar surface area (TPSA) is 68.1 Å². The average molecular weight is 271 g/mol. The van der Waals surface area contributed by atoms with E-state index in [0.29, 0.717) is 12.5 Å². The first kappa shape index (κ1) is 13.1. The minimum Gasteiger partial charge on any atom is -0.367 e. The van der Waals surface area contributed by atoms with E-state index in [1.807, 2.05) is 11.8 Å². The standard InChI is InChI=1S/C11H14FN3O2S/c12-10-5-9(15(16)17)7-14-11(10)13-6-8-1-3-18-4-2-8/h5,7-8H,1-4,6H2,(H,13,14). The number of nitrogens with zero attached hydrogens (tertiary/aromatic N) is 2. The molecule has 1 fully saturated rings. The molecule has 0 spiro atoms. The lowest BCUT2D eigenvalue weighted by Crippen LogP contribution is -2.20. The SMILES string of the molecule is O=[N+]([O-])c1cnc(NCC2CCSCC2)c(F)c1. The number of rotatable bonds is 4. The third-order valence-corrected chi connectivity index (χ3v) is 3.99. The van der Waals surface area contributed by atoms with Crippen molar-refractivity contribution < 1.29 is 9.31 Å². The van der Waals surface area contributed by atoms with E-state index in [2.05, 4.69) is 10.3 Å². The van der Waals surface area contributed by atoms with Crippen molar-refractivity contribution in [3.8, 4) is 0 Å². The third-order valence-electron chi connectivity index (χ3n) is 2.94. The van der Waals surface area contributed by atoms with Crippen molar-refractivity contribution in [3.63, 3.8) is 0 Å². The van der Waals surface area contributed by atoms with Crippen LogP contribution >= 0.6 is 11.8 Å². The number of nitro groups is 1. The molecular formula is C11H14FN3O2S.